The summed E-state index contributed by atoms with van der Waals surface area (Å²) in [6.45, 7) is 2.15. The van der Waals surface area contributed by atoms with Crippen LogP contribution in [0.4, 0.5) is 0 Å². The number of hydrogen-bond donors (Lipinski definition) is 0. The van der Waals surface area contributed by atoms with Gasteiger partial charge in [0.1, 0.15) is 5.52 Å². The van der Waals surface area contributed by atoms with E-state index in [2.05, 4.69) is 4.98 Å². The van der Waals surface area contributed by atoms with Gasteiger partial charge in [-0.1, -0.05) is 0 Å². The minimum absolute atomic E-state index is 0.201. The summed E-state index contributed by atoms with van der Waals surface area (Å²) in [6.07, 6.45) is 1.55. The molecule has 0 N–H and O–H groups in total. The van der Waals surface area contributed by atoms with E-state index in [9.17, 15) is 4.79 Å². The van der Waals surface area contributed by atoms with Crippen LogP contribution >= 0.6 is 0 Å². The number of carbonyl (C=O) groups is 1. The quantitative estimate of drug-likeness (QED) is 0.758. The zero-order chi connectivity index (χ0) is 12.3. The van der Waals surface area contributed by atoms with Crippen molar-refractivity contribution in [3.8, 4) is 5.75 Å². The first-order chi connectivity index (χ1) is 8.24. The summed E-state index contributed by atoms with van der Waals surface area (Å²) in [5.74, 6) is 0.302. The molecule has 0 bridgehead atoms. The van der Waals surface area contributed by atoms with Crippen LogP contribution in [-0.2, 0) is 16.0 Å². The predicted molar refractivity (Wildman–Crippen MR) is 60.9 cm³/mol. The van der Waals surface area contributed by atoms with Crippen LogP contribution in [0.5, 0.6) is 5.75 Å². The zero-order valence-corrected chi connectivity index (χ0v) is 9.73. The van der Waals surface area contributed by atoms with E-state index in [1.807, 2.05) is 0 Å². The molecule has 2 rings (SSSR count). The van der Waals surface area contributed by atoms with E-state index in [0.717, 1.165) is 5.56 Å². The molecule has 1 heterocycles. The lowest BCUT2D eigenvalue weighted by Gasteiger charge is -2.05. The third-order valence-electron chi connectivity index (χ3n) is 2.33. The highest BCUT2D eigenvalue weighted by Crippen LogP contribution is 2.26. The minimum atomic E-state index is -0.266. The Kier molecular flexibility index (Phi) is 3.27. The second kappa shape index (κ2) is 4.86. The number of rotatable bonds is 4. The molecule has 17 heavy (non-hydrogen) atoms. The molecule has 0 saturated heterocycles. The number of nitrogens with zero attached hydrogens (tertiary/aromatic N) is 1. The highest BCUT2D eigenvalue weighted by Gasteiger charge is 2.11. The van der Waals surface area contributed by atoms with E-state index in [-0.39, 0.29) is 12.4 Å². The maximum absolute atomic E-state index is 11.4. The van der Waals surface area contributed by atoms with Gasteiger partial charge in [-0.15, -0.1) is 0 Å². The second-order valence-corrected chi connectivity index (χ2v) is 3.48. The van der Waals surface area contributed by atoms with Crippen LogP contribution in [0.2, 0.25) is 0 Å². The molecule has 5 heteroatoms. The Morgan fingerprint density at radius 1 is 1.47 bits per heavy atom. The minimum Gasteiger partial charge on any atom is -0.493 e. The van der Waals surface area contributed by atoms with E-state index in [1.54, 1.807) is 26.2 Å². The van der Waals surface area contributed by atoms with E-state index in [0.29, 0.717) is 23.5 Å². The number of methoxy groups -OCH3 is 1. The molecular weight excluding hydrogens is 222 g/mol. The molecule has 0 spiro atoms. The zero-order valence-electron chi connectivity index (χ0n) is 9.73. The normalized spacial score (nSPS) is 10.5. The molecule has 1 aromatic heterocycles. The largest absolute Gasteiger partial charge is 0.493 e. The van der Waals surface area contributed by atoms with Crippen molar-refractivity contribution in [3.63, 3.8) is 0 Å². The predicted octanol–water partition coefficient (Wildman–Crippen LogP) is 1.94. The summed E-state index contributed by atoms with van der Waals surface area (Å²) in [4.78, 5) is 15.4. The monoisotopic (exact) mass is 235 g/mol. The number of ether oxygens (including phenoxy) is 2. The lowest BCUT2D eigenvalue weighted by Crippen LogP contribution is -2.07. The fourth-order valence-electron chi connectivity index (χ4n) is 1.63. The average Bonchev–Trinajstić information content (AvgIpc) is 2.76. The number of benzene rings is 1. The van der Waals surface area contributed by atoms with Gasteiger partial charge in [-0.2, -0.15) is 0 Å². The Morgan fingerprint density at radius 2 is 2.29 bits per heavy atom. The first kappa shape index (κ1) is 11.4. The number of carbonyl (C=O) groups excluding carboxylic acids is 1. The van der Waals surface area contributed by atoms with E-state index in [1.165, 1.54) is 6.39 Å². The smallest absolute Gasteiger partial charge is 0.310 e. The van der Waals surface area contributed by atoms with Crippen LogP contribution in [0.3, 0.4) is 0 Å². The molecule has 90 valence electrons. The van der Waals surface area contributed by atoms with Crippen LogP contribution in [0.25, 0.3) is 11.1 Å². The molecule has 0 saturated carbocycles. The average molecular weight is 235 g/mol. The van der Waals surface area contributed by atoms with Gasteiger partial charge >= 0.3 is 5.97 Å². The van der Waals surface area contributed by atoms with Crippen molar-refractivity contribution in [2.45, 2.75) is 13.3 Å². The summed E-state index contributed by atoms with van der Waals surface area (Å²) in [5.41, 5.74) is 2.05. The molecule has 0 unspecified atom stereocenters. The van der Waals surface area contributed by atoms with E-state index < -0.39 is 0 Å². The number of fused-ring (bicyclic) bond motifs is 1. The number of hydrogen-bond acceptors (Lipinski definition) is 5. The van der Waals surface area contributed by atoms with Crippen molar-refractivity contribution < 1.29 is 18.7 Å². The summed E-state index contributed by atoms with van der Waals surface area (Å²) in [5, 5.41) is 0. The van der Waals surface area contributed by atoms with Gasteiger partial charge in [0, 0.05) is 0 Å². The molecule has 0 aliphatic carbocycles. The maximum Gasteiger partial charge on any atom is 0.310 e. The molecule has 0 fully saturated rings. The van der Waals surface area contributed by atoms with Crippen molar-refractivity contribution in [2.24, 2.45) is 0 Å². The van der Waals surface area contributed by atoms with Crippen molar-refractivity contribution >= 4 is 17.1 Å². The first-order valence-electron chi connectivity index (χ1n) is 5.30. The van der Waals surface area contributed by atoms with E-state index >= 15 is 0 Å². The topological polar surface area (TPSA) is 61.6 Å². The summed E-state index contributed by atoms with van der Waals surface area (Å²) in [7, 11) is 1.55. The third-order valence-corrected chi connectivity index (χ3v) is 2.33. The van der Waals surface area contributed by atoms with Crippen molar-refractivity contribution in [1.82, 2.24) is 4.98 Å². The second-order valence-electron chi connectivity index (χ2n) is 3.48. The van der Waals surface area contributed by atoms with Crippen LogP contribution in [0, 0.1) is 0 Å². The SMILES string of the molecule is CCOC(=O)Cc1cc(OC)c2ocnc2c1. The molecule has 0 atom stereocenters. The van der Waals surface area contributed by atoms with Gasteiger partial charge in [0.05, 0.1) is 20.1 Å². The van der Waals surface area contributed by atoms with Gasteiger partial charge in [0.2, 0.25) is 0 Å². The molecule has 2 aromatic rings. The van der Waals surface area contributed by atoms with Gasteiger partial charge in [-0.25, -0.2) is 4.98 Å². The molecule has 0 amide bonds. The van der Waals surface area contributed by atoms with Crippen LogP contribution in [0.1, 0.15) is 12.5 Å². The van der Waals surface area contributed by atoms with Gasteiger partial charge in [0.25, 0.3) is 0 Å². The van der Waals surface area contributed by atoms with Crippen LogP contribution < -0.4 is 4.74 Å². The van der Waals surface area contributed by atoms with Crippen LogP contribution in [-0.4, -0.2) is 24.7 Å². The Hall–Kier alpha value is -2.04. The Balaban J connectivity index is 2.31. The van der Waals surface area contributed by atoms with Gasteiger partial charge < -0.3 is 13.9 Å². The first-order valence-corrected chi connectivity index (χ1v) is 5.30. The molecule has 0 aliphatic heterocycles. The van der Waals surface area contributed by atoms with Crippen molar-refractivity contribution in [2.75, 3.05) is 13.7 Å². The Labute approximate surface area is 98.3 Å². The fraction of sp³-hybridized carbons (Fsp3) is 0.333. The fourth-order valence-corrected chi connectivity index (χ4v) is 1.63. The van der Waals surface area contributed by atoms with Crippen molar-refractivity contribution in [1.29, 1.82) is 0 Å². The Bertz CT molecular complexity index is 532. The number of oxazole rings is 1. The molecule has 0 aliphatic rings. The highest BCUT2D eigenvalue weighted by atomic mass is 16.5. The number of esters is 1. The van der Waals surface area contributed by atoms with Gasteiger partial charge in [-0.05, 0) is 24.6 Å². The van der Waals surface area contributed by atoms with Gasteiger partial charge in [-0.3, -0.25) is 4.79 Å². The summed E-state index contributed by atoms with van der Waals surface area (Å²) >= 11 is 0. The highest BCUT2D eigenvalue weighted by molar-refractivity contribution is 5.82. The number of aromatic nitrogens is 1. The lowest BCUT2D eigenvalue weighted by molar-refractivity contribution is -0.142. The lowest BCUT2D eigenvalue weighted by atomic mass is 10.1. The van der Waals surface area contributed by atoms with Gasteiger partial charge in [0.15, 0.2) is 17.7 Å². The Morgan fingerprint density at radius 3 is 3.00 bits per heavy atom. The molecule has 5 nitrogen and oxygen atoms in total. The van der Waals surface area contributed by atoms with Crippen LogP contribution in [0.15, 0.2) is 22.9 Å². The standard InChI is InChI=1S/C12H13NO4/c1-3-16-11(14)6-8-4-9-12(17-7-13-9)10(5-8)15-2/h4-5,7H,3,6H2,1-2H3. The van der Waals surface area contributed by atoms with E-state index in [4.69, 9.17) is 13.9 Å². The maximum atomic E-state index is 11.4. The summed E-state index contributed by atoms with van der Waals surface area (Å²) in [6, 6.07) is 3.54. The molecule has 0 radical (unpaired) electrons. The molecular formula is C12H13NO4. The molecule has 1 aromatic carbocycles. The van der Waals surface area contributed by atoms with Crippen molar-refractivity contribution in [3.05, 3.63) is 24.1 Å². The summed E-state index contributed by atoms with van der Waals surface area (Å²) < 4.78 is 15.3. The third kappa shape index (κ3) is 2.38.